The number of nitrogens with one attached hydrogen (secondary N) is 1. The molecule has 2 aromatic carbocycles. The fourth-order valence-electron chi connectivity index (χ4n) is 4.07. The van der Waals surface area contributed by atoms with Crippen molar-refractivity contribution >= 4 is 26.8 Å². The molecule has 0 saturated carbocycles. The van der Waals surface area contributed by atoms with Crippen LogP contribution in [0.1, 0.15) is 23.2 Å². The number of amides is 1. The third-order valence-electron chi connectivity index (χ3n) is 5.83. The molecule has 0 spiro atoms. The Kier molecular flexibility index (Phi) is 6.50. The standard InChI is InChI=1S/C23H22F3N3O4S/c1-33-18-6-2-4-15(12-18)16-7-8-21-20(13-16)19(9-10-27-21)22(30)29-11-3-5-17(29)14-28-34(31,32)23(24,25)26/h2,4,6-10,12-13,17,28H,3,5,11,14H2,1H3/t17-/m0/s1. The average molecular weight is 494 g/mol. The van der Waals surface area contributed by atoms with E-state index < -0.39 is 28.1 Å². The molecular formula is C23H22F3N3O4S. The Morgan fingerprint density at radius 2 is 1.94 bits per heavy atom. The van der Waals surface area contributed by atoms with Gasteiger partial charge in [-0.15, -0.1) is 0 Å². The molecule has 1 aromatic heterocycles. The van der Waals surface area contributed by atoms with Gasteiger partial charge in [-0.25, -0.2) is 13.1 Å². The van der Waals surface area contributed by atoms with E-state index in [-0.39, 0.29) is 5.91 Å². The highest BCUT2D eigenvalue weighted by atomic mass is 32.2. The number of nitrogens with zero attached hydrogens (tertiary/aromatic N) is 2. The SMILES string of the molecule is COc1cccc(-c2ccc3nccc(C(=O)N4CCC[C@H]4CNS(=O)(=O)C(F)(F)F)c3c2)c1. The highest BCUT2D eigenvalue weighted by Gasteiger charge is 2.46. The lowest BCUT2D eigenvalue weighted by atomic mass is 10.00. The number of ether oxygens (including phenoxy) is 1. The number of hydrogen-bond acceptors (Lipinski definition) is 5. The highest BCUT2D eigenvalue weighted by Crippen LogP contribution is 2.30. The maximum atomic E-state index is 13.4. The smallest absolute Gasteiger partial charge is 0.497 e. The van der Waals surface area contributed by atoms with Gasteiger partial charge in [-0.3, -0.25) is 9.78 Å². The zero-order chi connectivity index (χ0) is 24.5. The van der Waals surface area contributed by atoms with Crippen molar-refractivity contribution in [1.29, 1.82) is 0 Å². The van der Waals surface area contributed by atoms with E-state index in [0.717, 1.165) is 11.1 Å². The Labute approximate surface area is 194 Å². The molecule has 1 atom stereocenters. The number of aromatic nitrogens is 1. The second-order valence-electron chi connectivity index (χ2n) is 7.91. The van der Waals surface area contributed by atoms with Crippen molar-refractivity contribution < 1.29 is 31.1 Å². The van der Waals surface area contributed by atoms with Crippen LogP contribution < -0.4 is 9.46 Å². The topological polar surface area (TPSA) is 88.6 Å². The van der Waals surface area contributed by atoms with Crippen molar-refractivity contribution in [2.24, 2.45) is 0 Å². The first-order valence-electron chi connectivity index (χ1n) is 10.5. The van der Waals surface area contributed by atoms with Gasteiger partial charge in [-0.2, -0.15) is 13.2 Å². The monoisotopic (exact) mass is 493 g/mol. The molecular weight excluding hydrogens is 471 g/mol. The van der Waals surface area contributed by atoms with E-state index in [2.05, 4.69) is 4.98 Å². The minimum absolute atomic E-state index is 0.316. The van der Waals surface area contributed by atoms with Crippen LogP contribution in [-0.4, -0.2) is 56.0 Å². The first-order valence-corrected chi connectivity index (χ1v) is 12.0. The van der Waals surface area contributed by atoms with Gasteiger partial charge in [0.15, 0.2) is 0 Å². The summed E-state index contributed by atoms with van der Waals surface area (Å²) in [6, 6.07) is 13.8. The lowest BCUT2D eigenvalue weighted by Gasteiger charge is -2.25. The van der Waals surface area contributed by atoms with Crippen molar-refractivity contribution in [3.8, 4) is 16.9 Å². The predicted octanol–water partition coefficient (Wildman–Crippen LogP) is 3.95. The first-order chi connectivity index (χ1) is 16.1. The van der Waals surface area contributed by atoms with Crippen molar-refractivity contribution in [1.82, 2.24) is 14.6 Å². The van der Waals surface area contributed by atoms with E-state index in [1.165, 1.54) is 11.1 Å². The molecule has 3 aromatic rings. The second-order valence-corrected chi connectivity index (χ2v) is 9.67. The molecule has 4 rings (SSSR count). The van der Waals surface area contributed by atoms with E-state index in [1.54, 1.807) is 24.0 Å². The number of carbonyl (C=O) groups is 1. The van der Waals surface area contributed by atoms with Gasteiger partial charge in [0.1, 0.15) is 5.75 Å². The van der Waals surface area contributed by atoms with Gasteiger partial charge in [0.2, 0.25) is 0 Å². The van der Waals surface area contributed by atoms with E-state index in [9.17, 15) is 26.4 Å². The molecule has 1 saturated heterocycles. The summed E-state index contributed by atoms with van der Waals surface area (Å²) in [6.07, 6.45) is 2.45. The lowest BCUT2D eigenvalue weighted by molar-refractivity contribution is -0.0448. The number of carbonyl (C=O) groups excluding carboxylic acids is 1. The molecule has 1 fully saturated rings. The molecule has 0 unspecified atom stereocenters. The van der Waals surface area contributed by atoms with E-state index in [1.807, 2.05) is 36.4 Å². The molecule has 1 amide bonds. The van der Waals surface area contributed by atoms with Gasteiger partial charge >= 0.3 is 15.5 Å². The summed E-state index contributed by atoms with van der Waals surface area (Å²) < 4.78 is 67.7. The average Bonchev–Trinajstić information content (AvgIpc) is 3.29. The van der Waals surface area contributed by atoms with Crippen LogP contribution in [0.2, 0.25) is 0 Å². The fraction of sp³-hybridized carbons (Fsp3) is 0.304. The summed E-state index contributed by atoms with van der Waals surface area (Å²) in [6.45, 7) is -0.192. The molecule has 0 aliphatic carbocycles. The minimum Gasteiger partial charge on any atom is -0.497 e. The Bertz CT molecular complexity index is 1330. The summed E-state index contributed by atoms with van der Waals surface area (Å²) in [7, 11) is -3.91. The van der Waals surface area contributed by atoms with Gasteiger partial charge in [-0.1, -0.05) is 18.2 Å². The number of benzene rings is 2. The Hall–Kier alpha value is -3.18. The van der Waals surface area contributed by atoms with Gasteiger partial charge < -0.3 is 9.64 Å². The number of alkyl halides is 3. The Morgan fingerprint density at radius 3 is 2.68 bits per heavy atom. The number of fused-ring (bicyclic) bond motifs is 1. The largest absolute Gasteiger partial charge is 0.511 e. The van der Waals surface area contributed by atoms with Crippen molar-refractivity contribution in [2.45, 2.75) is 24.4 Å². The van der Waals surface area contributed by atoms with E-state index >= 15 is 0 Å². The van der Waals surface area contributed by atoms with Gasteiger partial charge in [-0.05, 0) is 54.3 Å². The quantitative estimate of drug-likeness (QED) is 0.562. The van der Waals surface area contributed by atoms with Crippen LogP contribution in [0, 0.1) is 0 Å². The van der Waals surface area contributed by atoms with E-state index in [4.69, 9.17) is 4.74 Å². The number of likely N-dealkylation sites (tertiary alicyclic amines) is 1. The van der Waals surface area contributed by atoms with Crippen LogP contribution in [0.15, 0.2) is 54.7 Å². The van der Waals surface area contributed by atoms with Crippen molar-refractivity contribution in [3.63, 3.8) is 0 Å². The molecule has 0 bridgehead atoms. The highest BCUT2D eigenvalue weighted by molar-refractivity contribution is 7.90. The Balaban J connectivity index is 1.64. The fourth-order valence-corrected chi connectivity index (χ4v) is 4.65. The van der Waals surface area contributed by atoms with Crippen LogP contribution in [0.5, 0.6) is 5.75 Å². The summed E-state index contributed by atoms with van der Waals surface area (Å²) in [4.78, 5) is 19.2. The zero-order valence-electron chi connectivity index (χ0n) is 18.2. The normalized spacial score (nSPS) is 16.7. The Morgan fingerprint density at radius 1 is 1.18 bits per heavy atom. The molecule has 11 heteroatoms. The van der Waals surface area contributed by atoms with Crippen LogP contribution in [0.4, 0.5) is 13.2 Å². The molecule has 34 heavy (non-hydrogen) atoms. The summed E-state index contributed by atoms with van der Waals surface area (Å²) in [5, 5.41) is 0.592. The predicted molar refractivity (Wildman–Crippen MR) is 121 cm³/mol. The van der Waals surface area contributed by atoms with Crippen molar-refractivity contribution in [3.05, 3.63) is 60.3 Å². The maximum Gasteiger partial charge on any atom is 0.511 e. The maximum absolute atomic E-state index is 13.4. The van der Waals surface area contributed by atoms with E-state index in [0.29, 0.717) is 41.6 Å². The molecule has 1 N–H and O–H groups in total. The number of rotatable bonds is 6. The van der Waals surface area contributed by atoms with Gasteiger partial charge in [0, 0.05) is 30.7 Å². The molecule has 7 nitrogen and oxygen atoms in total. The summed E-state index contributed by atoms with van der Waals surface area (Å²) in [5.74, 6) is 0.296. The van der Waals surface area contributed by atoms with Crippen LogP contribution in [0.3, 0.4) is 0 Å². The number of sulfonamides is 1. The van der Waals surface area contributed by atoms with Gasteiger partial charge in [0.25, 0.3) is 5.91 Å². The molecule has 180 valence electrons. The van der Waals surface area contributed by atoms with Crippen molar-refractivity contribution in [2.75, 3.05) is 20.2 Å². The number of halogens is 3. The van der Waals surface area contributed by atoms with Crippen LogP contribution in [0.25, 0.3) is 22.0 Å². The minimum atomic E-state index is -5.48. The second kappa shape index (κ2) is 9.22. The molecule has 1 aliphatic heterocycles. The molecule has 0 radical (unpaired) electrons. The van der Waals surface area contributed by atoms with Crippen LogP contribution in [-0.2, 0) is 10.0 Å². The van der Waals surface area contributed by atoms with Crippen LogP contribution >= 0.6 is 0 Å². The number of pyridine rings is 1. The molecule has 1 aliphatic rings. The first kappa shape index (κ1) is 24.0. The lowest BCUT2D eigenvalue weighted by Crippen LogP contribution is -2.46. The number of hydrogen-bond donors (Lipinski definition) is 1. The third kappa shape index (κ3) is 4.71. The van der Waals surface area contributed by atoms with Gasteiger partial charge in [0.05, 0.1) is 18.2 Å². The summed E-state index contributed by atoms with van der Waals surface area (Å²) >= 11 is 0. The summed E-state index contributed by atoms with van der Waals surface area (Å²) in [5.41, 5.74) is -2.75. The zero-order valence-corrected chi connectivity index (χ0v) is 19.0. The molecule has 2 heterocycles. The number of methoxy groups -OCH3 is 1. The third-order valence-corrected chi connectivity index (χ3v) is 6.98.